The van der Waals surface area contributed by atoms with Gasteiger partial charge in [-0.2, -0.15) is 0 Å². The summed E-state index contributed by atoms with van der Waals surface area (Å²) < 4.78 is 26.6. The molecule has 1 aromatic carbocycles. The van der Waals surface area contributed by atoms with Crippen molar-refractivity contribution < 1.29 is 8.42 Å². The molecule has 0 saturated carbocycles. The summed E-state index contributed by atoms with van der Waals surface area (Å²) in [7, 11) is -3.36. The van der Waals surface area contributed by atoms with Crippen LogP contribution < -0.4 is 4.72 Å². The maximum atomic E-state index is 12.0. The van der Waals surface area contributed by atoms with E-state index in [9.17, 15) is 8.42 Å². The number of hydrogen-bond acceptors (Lipinski definition) is 2. The van der Waals surface area contributed by atoms with Crippen molar-refractivity contribution >= 4 is 10.0 Å². The van der Waals surface area contributed by atoms with Crippen LogP contribution in [0.1, 0.15) is 45.6 Å². The Bertz CT molecular complexity index is 449. The lowest BCUT2D eigenvalue weighted by molar-refractivity contribution is 0.556. The molecule has 1 rings (SSSR count). The number of benzene rings is 1. The van der Waals surface area contributed by atoms with Crippen LogP contribution in [0.3, 0.4) is 0 Å². The zero-order valence-electron chi connectivity index (χ0n) is 10.9. The third-order valence-electron chi connectivity index (χ3n) is 2.83. The maximum absolute atomic E-state index is 12.0. The van der Waals surface area contributed by atoms with E-state index in [2.05, 4.69) is 18.6 Å². The van der Waals surface area contributed by atoms with Gasteiger partial charge in [0.2, 0.25) is 10.0 Å². The average molecular weight is 255 g/mol. The minimum atomic E-state index is -3.36. The van der Waals surface area contributed by atoms with E-state index in [1.165, 1.54) is 0 Å². The normalized spacial score (nSPS) is 13.9. The molecular weight excluding hydrogens is 234 g/mol. The second kappa shape index (κ2) is 5.65. The van der Waals surface area contributed by atoms with E-state index in [-0.39, 0.29) is 6.04 Å². The number of sulfonamides is 1. The second-order valence-corrected chi connectivity index (χ2v) is 6.37. The van der Waals surface area contributed by atoms with Gasteiger partial charge in [-0.05, 0) is 37.0 Å². The number of rotatable bonds is 5. The number of nitrogens with one attached hydrogen (secondary N) is 1. The SMILES string of the molecule is CCC(C)NS(=O)(=O)c1ccc(C(C)C)cc1. The van der Waals surface area contributed by atoms with Gasteiger partial charge in [0.1, 0.15) is 0 Å². The molecule has 3 nitrogen and oxygen atoms in total. The molecule has 0 heterocycles. The van der Waals surface area contributed by atoms with Gasteiger partial charge in [0.15, 0.2) is 0 Å². The Kier molecular flexibility index (Phi) is 4.71. The fourth-order valence-electron chi connectivity index (χ4n) is 1.45. The van der Waals surface area contributed by atoms with Crippen molar-refractivity contribution in [2.45, 2.75) is 51.0 Å². The fourth-order valence-corrected chi connectivity index (χ4v) is 2.77. The van der Waals surface area contributed by atoms with Crippen LogP contribution in [0.4, 0.5) is 0 Å². The Morgan fingerprint density at radius 2 is 1.65 bits per heavy atom. The highest BCUT2D eigenvalue weighted by Crippen LogP contribution is 2.17. The van der Waals surface area contributed by atoms with Gasteiger partial charge in [-0.15, -0.1) is 0 Å². The highest BCUT2D eigenvalue weighted by molar-refractivity contribution is 7.89. The lowest BCUT2D eigenvalue weighted by Gasteiger charge is -2.13. The van der Waals surface area contributed by atoms with Crippen LogP contribution >= 0.6 is 0 Å². The molecule has 0 aliphatic carbocycles. The van der Waals surface area contributed by atoms with Crippen LogP contribution in [0.5, 0.6) is 0 Å². The summed E-state index contributed by atoms with van der Waals surface area (Å²) in [6, 6.07) is 7.04. The summed E-state index contributed by atoms with van der Waals surface area (Å²) in [6.07, 6.45) is 0.781. The van der Waals surface area contributed by atoms with Crippen LogP contribution in [0.2, 0.25) is 0 Å². The molecule has 1 unspecified atom stereocenters. The van der Waals surface area contributed by atoms with Crippen LogP contribution in [0, 0.1) is 0 Å². The first-order valence-corrected chi connectivity index (χ1v) is 7.47. The Labute approximate surface area is 104 Å². The summed E-state index contributed by atoms with van der Waals surface area (Å²) in [6.45, 7) is 7.98. The summed E-state index contributed by atoms with van der Waals surface area (Å²) in [5, 5.41) is 0. The van der Waals surface area contributed by atoms with E-state index in [1.807, 2.05) is 26.0 Å². The molecular formula is C13H21NO2S. The molecule has 0 radical (unpaired) electrons. The molecule has 0 spiro atoms. The predicted molar refractivity (Wildman–Crippen MR) is 70.6 cm³/mol. The third kappa shape index (κ3) is 3.82. The molecule has 0 aromatic heterocycles. The Morgan fingerprint density at radius 3 is 2.06 bits per heavy atom. The molecule has 1 atom stereocenters. The molecule has 4 heteroatoms. The highest BCUT2D eigenvalue weighted by Gasteiger charge is 2.16. The van der Waals surface area contributed by atoms with Gasteiger partial charge < -0.3 is 0 Å². The first kappa shape index (κ1) is 14.2. The molecule has 0 aliphatic heterocycles. The minimum Gasteiger partial charge on any atom is -0.208 e. The summed E-state index contributed by atoms with van der Waals surface area (Å²) >= 11 is 0. The highest BCUT2D eigenvalue weighted by atomic mass is 32.2. The van der Waals surface area contributed by atoms with Gasteiger partial charge in [-0.3, -0.25) is 0 Å². The van der Waals surface area contributed by atoms with E-state index >= 15 is 0 Å². The zero-order valence-corrected chi connectivity index (χ0v) is 11.7. The second-order valence-electron chi connectivity index (χ2n) is 4.65. The van der Waals surface area contributed by atoms with Crippen molar-refractivity contribution in [3.63, 3.8) is 0 Å². The molecule has 96 valence electrons. The van der Waals surface area contributed by atoms with Gasteiger partial charge in [0.25, 0.3) is 0 Å². The van der Waals surface area contributed by atoms with E-state index in [4.69, 9.17) is 0 Å². The maximum Gasteiger partial charge on any atom is 0.240 e. The lowest BCUT2D eigenvalue weighted by atomic mass is 10.0. The monoisotopic (exact) mass is 255 g/mol. The number of hydrogen-bond donors (Lipinski definition) is 1. The third-order valence-corrected chi connectivity index (χ3v) is 4.43. The summed E-state index contributed by atoms with van der Waals surface area (Å²) in [5.41, 5.74) is 1.15. The quantitative estimate of drug-likeness (QED) is 0.879. The van der Waals surface area contributed by atoms with E-state index in [1.54, 1.807) is 12.1 Å². The molecule has 0 amide bonds. The largest absolute Gasteiger partial charge is 0.240 e. The van der Waals surface area contributed by atoms with Crippen LogP contribution in [0.15, 0.2) is 29.2 Å². The Balaban J connectivity index is 2.92. The molecule has 0 aliphatic rings. The van der Waals surface area contributed by atoms with Crippen molar-refractivity contribution in [1.82, 2.24) is 4.72 Å². The lowest BCUT2D eigenvalue weighted by Crippen LogP contribution is -2.31. The van der Waals surface area contributed by atoms with Crippen molar-refractivity contribution in [2.75, 3.05) is 0 Å². The molecule has 0 saturated heterocycles. The minimum absolute atomic E-state index is 0.0372. The van der Waals surface area contributed by atoms with Gasteiger partial charge >= 0.3 is 0 Å². The van der Waals surface area contributed by atoms with Crippen molar-refractivity contribution in [3.8, 4) is 0 Å². The molecule has 1 N–H and O–H groups in total. The van der Waals surface area contributed by atoms with Gasteiger partial charge in [0.05, 0.1) is 4.90 Å². The predicted octanol–water partition coefficient (Wildman–Crippen LogP) is 2.89. The molecule has 1 aromatic rings. The fraction of sp³-hybridized carbons (Fsp3) is 0.538. The van der Waals surface area contributed by atoms with Crippen molar-refractivity contribution in [1.29, 1.82) is 0 Å². The Hall–Kier alpha value is -0.870. The average Bonchev–Trinajstić information content (AvgIpc) is 2.28. The topological polar surface area (TPSA) is 46.2 Å². The van der Waals surface area contributed by atoms with Gasteiger partial charge in [0, 0.05) is 6.04 Å². The first-order chi connectivity index (χ1) is 7.86. The van der Waals surface area contributed by atoms with E-state index in [0.717, 1.165) is 12.0 Å². The van der Waals surface area contributed by atoms with E-state index in [0.29, 0.717) is 10.8 Å². The standard InChI is InChI=1S/C13H21NO2S/c1-5-11(4)14-17(15,16)13-8-6-12(7-9-13)10(2)3/h6-11,14H,5H2,1-4H3. The first-order valence-electron chi connectivity index (χ1n) is 5.99. The zero-order chi connectivity index (χ0) is 13.1. The van der Waals surface area contributed by atoms with Crippen LogP contribution in [0.25, 0.3) is 0 Å². The smallest absolute Gasteiger partial charge is 0.208 e. The van der Waals surface area contributed by atoms with Crippen molar-refractivity contribution in [3.05, 3.63) is 29.8 Å². The molecule has 0 fully saturated rings. The van der Waals surface area contributed by atoms with Crippen LogP contribution in [-0.2, 0) is 10.0 Å². The molecule has 0 bridgehead atoms. The summed E-state index contributed by atoms with van der Waals surface area (Å²) in [4.78, 5) is 0.335. The van der Waals surface area contributed by atoms with Gasteiger partial charge in [-0.1, -0.05) is 32.9 Å². The van der Waals surface area contributed by atoms with Crippen LogP contribution in [-0.4, -0.2) is 14.5 Å². The van der Waals surface area contributed by atoms with Crippen molar-refractivity contribution in [2.24, 2.45) is 0 Å². The summed E-state index contributed by atoms with van der Waals surface area (Å²) in [5.74, 6) is 0.411. The molecule has 17 heavy (non-hydrogen) atoms. The van der Waals surface area contributed by atoms with Gasteiger partial charge in [-0.25, -0.2) is 13.1 Å². The Morgan fingerprint density at radius 1 is 1.12 bits per heavy atom. The van der Waals surface area contributed by atoms with E-state index < -0.39 is 10.0 Å².